The fraction of sp³-hybridized carbons (Fsp3) is 0.500. The number of fused-ring (bicyclic) bond motifs is 3. The van der Waals surface area contributed by atoms with Gasteiger partial charge in [0.2, 0.25) is 5.91 Å². The van der Waals surface area contributed by atoms with E-state index in [1.165, 1.54) is 6.42 Å². The highest BCUT2D eigenvalue weighted by atomic mass is 16.5. The lowest BCUT2D eigenvalue weighted by atomic mass is 9.92. The van der Waals surface area contributed by atoms with Crippen LogP contribution in [-0.2, 0) is 17.9 Å². The van der Waals surface area contributed by atoms with Crippen LogP contribution < -0.4 is 10.1 Å². The Kier molecular flexibility index (Phi) is 7.72. The number of nitrogens with zero attached hydrogens (tertiary/aromatic N) is 3. The van der Waals surface area contributed by atoms with Crippen molar-refractivity contribution < 1.29 is 14.3 Å². The largest absolute Gasteiger partial charge is 0.497 e. The first-order valence-corrected chi connectivity index (χ1v) is 14.2. The number of likely N-dealkylation sites (tertiary alicyclic amines) is 1. The number of piperidine rings is 1. The van der Waals surface area contributed by atoms with E-state index >= 15 is 0 Å². The molecule has 0 bridgehead atoms. The molecule has 5 rings (SSSR count). The topological polar surface area (TPSA) is 66.8 Å². The Morgan fingerprint density at radius 3 is 2.49 bits per heavy atom. The molecule has 0 radical (unpaired) electrons. The second kappa shape index (κ2) is 11.0. The molecular weight excluding hydrogens is 488 g/mol. The van der Waals surface area contributed by atoms with E-state index in [0.29, 0.717) is 25.3 Å². The number of methoxy groups -OCH3 is 1. The lowest BCUT2D eigenvalue weighted by Crippen LogP contribution is -2.63. The number of benzene rings is 2. The second-order valence-electron chi connectivity index (χ2n) is 12.0. The maximum Gasteiger partial charge on any atom is 0.271 e. The molecule has 2 aliphatic heterocycles. The van der Waals surface area contributed by atoms with E-state index in [1.807, 2.05) is 66.9 Å². The standard InChI is InChI=1S/C32H42N4O3/c1-22-7-9-25(10-8-22)20-36-30(37)29-16-26-11-12-27(39-5)17-28(26)35(29)21-32(36,4)31(38)33-13-6-14-34-18-23(2)15-24(3)19-34/h7-12,16-17,23-24H,6,13-15,18-21H2,1-5H3,(H,33,38)/t23-,24-,32-/m1/s1. The van der Waals surface area contributed by atoms with Gasteiger partial charge in [-0.1, -0.05) is 43.7 Å². The molecule has 2 amide bonds. The highest BCUT2D eigenvalue weighted by molar-refractivity contribution is 6.03. The number of hydrogen-bond acceptors (Lipinski definition) is 4. The number of amides is 2. The van der Waals surface area contributed by atoms with E-state index in [0.717, 1.165) is 65.7 Å². The van der Waals surface area contributed by atoms with Crippen molar-refractivity contribution in [1.29, 1.82) is 0 Å². The van der Waals surface area contributed by atoms with E-state index in [4.69, 9.17) is 4.74 Å². The van der Waals surface area contributed by atoms with Crippen molar-refractivity contribution in [2.45, 2.75) is 59.2 Å². The average molecular weight is 531 g/mol. The third-order valence-corrected chi connectivity index (χ3v) is 8.47. The van der Waals surface area contributed by atoms with Crippen molar-refractivity contribution in [3.63, 3.8) is 0 Å². The maximum absolute atomic E-state index is 14.0. The fourth-order valence-corrected chi connectivity index (χ4v) is 6.45. The first-order valence-electron chi connectivity index (χ1n) is 14.2. The molecule has 208 valence electrons. The Morgan fingerprint density at radius 2 is 1.79 bits per heavy atom. The normalized spacial score (nSPS) is 23.6. The van der Waals surface area contributed by atoms with Gasteiger partial charge in [-0.25, -0.2) is 0 Å². The van der Waals surface area contributed by atoms with E-state index < -0.39 is 5.54 Å². The van der Waals surface area contributed by atoms with Crippen LogP contribution in [0.25, 0.3) is 10.9 Å². The number of aryl methyl sites for hydroxylation is 1. The number of aromatic nitrogens is 1. The molecular formula is C32H42N4O3. The third-order valence-electron chi connectivity index (χ3n) is 8.47. The summed E-state index contributed by atoms with van der Waals surface area (Å²) in [5, 5.41) is 4.16. The van der Waals surface area contributed by atoms with Gasteiger partial charge in [0.25, 0.3) is 5.91 Å². The molecule has 1 fully saturated rings. The molecule has 0 spiro atoms. The molecule has 2 aliphatic rings. The first kappa shape index (κ1) is 27.3. The van der Waals surface area contributed by atoms with Crippen LogP contribution in [0, 0.1) is 18.8 Å². The van der Waals surface area contributed by atoms with Gasteiger partial charge in [-0.3, -0.25) is 9.59 Å². The predicted molar refractivity (Wildman–Crippen MR) is 155 cm³/mol. The zero-order chi connectivity index (χ0) is 27.7. The molecule has 2 aromatic carbocycles. The van der Waals surface area contributed by atoms with Crippen LogP contribution in [0.1, 0.15) is 55.2 Å². The molecule has 1 N–H and O–H groups in total. The highest BCUT2D eigenvalue weighted by Gasteiger charge is 2.47. The lowest BCUT2D eigenvalue weighted by molar-refractivity contribution is -0.133. The highest BCUT2D eigenvalue weighted by Crippen LogP contribution is 2.35. The van der Waals surface area contributed by atoms with Crippen LogP contribution in [0.3, 0.4) is 0 Å². The number of ether oxygens (including phenoxy) is 1. The van der Waals surface area contributed by atoms with Crippen LogP contribution in [-0.4, -0.2) is 65.0 Å². The first-order chi connectivity index (χ1) is 18.7. The van der Waals surface area contributed by atoms with Crippen LogP contribution in [0.15, 0.2) is 48.5 Å². The van der Waals surface area contributed by atoms with Crippen LogP contribution in [0.2, 0.25) is 0 Å². The van der Waals surface area contributed by atoms with Crippen molar-refractivity contribution >= 4 is 22.7 Å². The molecule has 0 unspecified atom stereocenters. The molecule has 3 aromatic rings. The minimum absolute atomic E-state index is 0.112. The quantitative estimate of drug-likeness (QED) is 0.423. The molecule has 1 saturated heterocycles. The summed E-state index contributed by atoms with van der Waals surface area (Å²) in [6, 6.07) is 15.9. The number of nitrogens with one attached hydrogen (secondary N) is 1. The minimum Gasteiger partial charge on any atom is -0.497 e. The van der Waals surface area contributed by atoms with Crippen LogP contribution in [0.4, 0.5) is 0 Å². The zero-order valence-electron chi connectivity index (χ0n) is 24.0. The summed E-state index contributed by atoms with van der Waals surface area (Å²) in [7, 11) is 1.64. The van der Waals surface area contributed by atoms with E-state index in [-0.39, 0.29) is 11.8 Å². The lowest BCUT2D eigenvalue weighted by Gasteiger charge is -2.44. The molecule has 0 saturated carbocycles. The summed E-state index contributed by atoms with van der Waals surface area (Å²) < 4.78 is 7.44. The van der Waals surface area contributed by atoms with Crippen molar-refractivity contribution in [1.82, 2.24) is 19.7 Å². The number of carbonyl (C=O) groups is 2. The molecule has 1 aromatic heterocycles. The fourth-order valence-electron chi connectivity index (χ4n) is 6.45. The summed E-state index contributed by atoms with van der Waals surface area (Å²) >= 11 is 0. The summed E-state index contributed by atoms with van der Waals surface area (Å²) in [6.45, 7) is 13.2. The Hall–Kier alpha value is -3.32. The number of hydrogen-bond donors (Lipinski definition) is 1. The van der Waals surface area contributed by atoms with E-state index in [2.05, 4.69) is 24.1 Å². The van der Waals surface area contributed by atoms with Gasteiger partial charge in [0, 0.05) is 37.6 Å². The van der Waals surface area contributed by atoms with Gasteiger partial charge in [-0.2, -0.15) is 0 Å². The summed E-state index contributed by atoms with van der Waals surface area (Å²) in [6.07, 6.45) is 2.18. The van der Waals surface area contributed by atoms with Gasteiger partial charge in [-0.05, 0) is 68.8 Å². The predicted octanol–water partition coefficient (Wildman–Crippen LogP) is 4.86. The van der Waals surface area contributed by atoms with Crippen molar-refractivity contribution in [3.8, 4) is 5.75 Å². The molecule has 3 atom stereocenters. The van der Waals surface area contributed by atoms with Gasteiger partial charge in [0.15, 0.2) is 0 Å². The Bertz CT molecular complexity index is 1340. The van der Waals surface area contributed by atoms with Crippen LogP contribution >= 0.6 is 0 Å². The smallest absolute Gasteiger partial charge is 0.271 e. The van der Waals surface area contributed by atoms with Crippen molar-refractivity contribution in [3.05, 3.63) is 65.4 Å². The molecule has 7 nitrogen and oxygen atoms in total. The minimum atomic E-state index is -1.04. The van der Waals surface area contributed by atoms with Gasteiger partial charge in [0.05, 0.1) is 19.2 Å². The number of rotatable bonds is 8. The summed E-state index contributed by atoms with van der Waals surface area (Å²) in [4.78, 5) is 32.2. The summed E-state index contributed by atoms with van der Waals surface area (Å²) in [5.41, 5.74) is 2.63. The Labute approximate surface area is 232 Å². The average Bonchev–Trinajstić information content (AvgIpc) is 3.27. The van der Waals surface area contributed by atoms with Gasteiger partial charge in [0.1, 0.15) is 17.0 Å². The second-order valence-corrected chi connectivity index (χ2v) is 12.0. The van der Waals surface area contributed by atoms with E-state index in [1.54, 1.807) is 12.0 Å². The van der Waals surface area contributed by atoms with Crippen molar-refractivity contribution in [2.75, 3.05) is 33.3 Å². The Balaban J connectivity index is 1.38. The van der Waals surface area contributed by atoms with Gasteiger partial charge >= 0.3 is 0 Å². The molecule has 39 heavy (non-hydrogen) atoms. The zero-order valence-corrected chi connectivity index (χ0v) is 24.0. The SMILES string of the molecule is COc1ccc2cc3n(c2c1)C[C@](C)(C(=O)NCCCN1C[C@H](C)C[C@@H](C)C1)N(Cc1ccc(C)cc1)C3=O. The van der Waals surface area contributed by atoms with E-state index in [9.17, 15) is 9.59 Å². The van der Waals surface area contributed by atoms with Crippen LogP contribution in [0.5, 0.6) is 5.75 Å². The van der Waals surface area contributed by atoms with Gasteiger partial charge < -0.3 is 24.4 Å². The number of carbonyl (C=O) groups excluding carboxylic acids is 2. The molecule has 3 heterocycles. The van der Waals surface area contributed by atoms with Crippen molar-refractivity contribution in [2.24, 2.45) is 11.8 Å². The Morgan fingerprint density at radius 1 is 1.08 bits per heavy atom. The molecule has 7 heteroatoms. The third kappa shape index (κ3) is 5.55. The maximum atomic E-state index is 14.0. The summed E-state index contributed by atoms with van der Waals surface area (Å²) in [5.74, 6) is 1.92. The monoisotopic (exact) mass is 530 g/mol. The molecule has 0 aliphatic carbocycles. The van der Waals surface area contributed by atoms with Gasteiger partial charge in [-0.15, -0.1) is 0 Å².